The van der Waals surface area contributed by atoms with Gasteiger partial charge in [0.1, 0.15) is 12.6 Å². The zero-order valence-electron chi connectivity index (χ0n) is 23.2. The fraction of sp³-hybridized carbons (Fsp3) is 0.333. The second-order valence-corrected chi connectivity index (χ2v) is 12.1. The molecule has 2 amide bonds. The summed E-state index contributed by atoms with van der Waals surface area (Å²) in [6.07, 6.45) is 1.95. The van der Waals surface area contributed by atoms with Crippen molar-refractivity contribution in [2.75, 3.05) is 31.5 Å². The molecule has 0 aromatic heterocycles. The molecule has 0 aliphatic carbocycles. The molecule has 0 heterocycles. The van der Waals surface area contributed by atoms with Crippen molar-refractivity contribution in [1.29, 1.82) is 0 Å². The minimum absolute atomic E-state index is 0.0296. The van der Waals surface area contributed by atoms with Crippen LogP contribution in [-0.2, 0) is 32.8 Å². The van der Waals surface area contributed by atoms with Crippen LogP contribution in [0, 0.1) is 0 Å². The molecule has 0 aliphatic heterocycles. The van der Waals surface area contributed by atoms with Crippen LogP contribution in [0.4, 0.5) is 5.69 Å². The Balaban J connectivity index is 2.06. The highest BCUT2D eigenvalue weighted by Gasteiger charge is 2.34. The molecule has 3 aromatic carbocycles. The minimum Gasteiger partial charge on any atom is -0.354 e. The molecule has 214 valence electrons. The van der Waals surface area contributed by atoms with Crippen molar-refractivity contribution < 1.29 is 18.0 Å². The van der Waals surface area contributed by atoms with Gasteiger partial charge in [0.05, 0.1) is 5.69 Å². The van der Waals surface area contributed by atoms with Crippen LogP contribution in [0.3, 0.4) is 0 Å². The van der Waals surface area contributed by atoms with E-state index in [9.17, 15) is 18.0 Å². The van der Waals surface area contributed by atoms with Gasteiger partial charge in [-0.25, -0.2) is 4.31 Å². The summed E-state index contributed by atoms with van der Waals surface area (Å²) < 4.78 is 28.8. The average Bonchev–Trinajstić information content (AvgIpc) is 2.95. The zero-order valence-corrected chi connectivity index (χ0v) is 24.7. The normalized spacial score (nSPS) is 12.1. The first-order valence-corrected chi connectivity index (χ1v) is 15.0. The lowest BCUT2D eigenvalue weighted by atomic mass is 10.0. The molecule has 3 aromatic rings. The van der Waals surface area contributed by atoms with Crippen molar-refractivity contribution in [3.63, 3.8) is 0 Å². The molecule has 8 nitrogen and oxygen atoms in total. The van der Waals surface area contributed by atoms with Crippen molar-refractivity contribution in [2.45, 2.75) is 38.8 Å². The number of carbonyl (C=O) groups is 2. The number of hydrogen-bond donors (Lipinski definition) is 1. The van der Waals surface area contributed by atoms with Gasteiger partial charge in [0.2, 0.25) is 11.8 Å². The Hall–Kier alpha value is -3.40. The molecule has 0 unspecified atom stereocenters. The number of anilines is 1. The number of nitrogens with zero attached hydrogens (tertiary/aromatic N) is 3. The summed E-state index contributed by atoms with van der Waals surface area (Å²) in [5, 5.41) is 3.42. The Morgan fingerprint density at radius 2 is 1.50 bits per heavy atom. The molecule has 0 radical (unpaired) electrons. The van der Waals surface area contributed by atoms with E-state index in [0.29, 0.717) is 22.8 Å². The highest BCUT2D eigenvalue weighted by Crippen LogP contribution is 2.23. The summed E-state index contributed by atoms with van der Waals surface area (Å²) in [6, 6.07) is 24.1. The van der Waals surface area contributed by atoms with Gasteiger partial charge >= 0.3 is 10.2 Å². The van der Waals surface area contributed by atoms with Gasteiger partial charge < -0.3 is 10.2 Å². The Morgan fingerprint density at radius 3 is 2.10 bits per heavy atom. The number of halogens is 1. The lowest BCUT2D eigenvalue weighted by Gasteiger charge is -2.34. The highest BCUT2D eigenvalue weighted by atomic mass is 35.5. The molecule has 0 aliphatic rings. The summed E-state index contributed by atoms with van der Waals surface area (Å²) in [7, 11) is -1.20. The monoisotopic (exact) mass is 584 g/mol. The number of hydrogen-bond acceptors (Lipinski definition) is 4. The van der Waals surface area contributed by atoms with Gasteiger partial charge in [-0.3, -0.25) is 9.59 Å². The molecular formula is C30H37ClN4O4S. The van der Waals surface area contributed by atoms with E-state index in [1.54, 1.807) is 48.5 Å². The van der Waals surface area contributed by atoms with Gasteiger partial charge in [-0.05, 0) is 35.7 Å². The number of rotatable bonds is 14. The van der Waals surface area contributed by atoms with Crippen LogP contribution < -0.4 is 9.62 Å². The quantitative estimate of drug-likeness (QED) is 0.282. The number of benzene rings is 3. The largest absolute Gasteiger partial charge is 0.354 e. The molecule has 0 saturated carbocycles. The summed E-state index contributed by atoms with van der Waals surface area (Å²) in [5.41, 5.74) is 1.86. The van der Waals surface area contributed by atoms with E-state index >= 15 is 0 Å². The molecule has 1 atom stereocenters. The summed E-state index contributed by atoms with van der Waals surface area (Å²) >= 11 is 6.48. The van der Waals surface area contributed by atoms with Crippen molar-refractivity contribution >= 4 is 39.3 Å². The number of nitrogens with one attached hydrogen (secondary N) is 1. The Labute approximate surface area is 242 Å². The fourth-order valence-electron chi connectivity index (χ4n) is 4.18. The van der Waals surface area contributed by atoms with Gasteiger partial charge in [-0.1, -0.05) is 91.7 Å². The average molecular weight is 585 g/mol. The first kappa shape index (κ1) is 31.1. The van der Waals surface area contributed by atoms with Gasteiger partial charge in [-0.2, -0.15) is 12.7 Å². The molecule has 0 spiro atoms. The second-order valence-electron chi connectivity index (χ2n) is 9.60. The predicted octanol–water partition coefficient (Wildman–Crippen LogP) is 4.51. The zero-order chi connectivity index (χ0) is 29.1. The molecule has 0 fully saturated rings. The second kappa shape index (κ2) is 14.8. The lowest BCUT2D eigenvalue weighted by molar-refractivity contribution is -0.140. The topological polar surface area (TPSA) is 90.0 Å². The molecule has 40 heavy (non-hydrogen) atoms. The summed E-state index contributed by atoms with van der Waals surface area (Å²) in [4.78, 5) is 29.2. The third-order valence-corrected chi connectivity index (χ3v) is 8.65. The number of carbonyl (C=O) groups excluding carboxylic acids is 2. The maximum atomic E-state index is 14.2. The van der Waals surface area contributed by atoms with Gasteiger partial charge in [-0.15, -0.1) is 0 Å². The van der Waals surface area contributed by atoms with Gasteiger partial charge in [0, 0.05) is 38.6 Å². The van der Waals surface area contributed by atoms with E-state index in [1.165, 1.54) is 19.0 Å². The third-order valence-electron chi connectivity index (χ3n) is 6.46. The SMILES string of the molecule is CCCCNC(=O)[C@@H](Cc1ccccc1)N(Cc1ccccc1Cl)C(=O)CN(c1ccccc1)S(=O)(=O)N(C)C. The van der Waals surface area contributed by atoms with Crippen molar-refractivity contribution in [3.05, 3.63) is 101 Å². The maximum absolute atomic E-state index is 14.2. The molecular weight excluding hydrogens is 548 g/mol. The first-order chi connectivity index (χ1) is 19.1. The molecule has 0 bridgehead atoms. The van der Waals surface area contributed by atoms with E-state index in [-0.39, 0.29) is 18.9 Å². The Kier molecular flexibility index (Phi) is 11.5. The van der Waals surface area contributed by atoms with Crippen LogP contribution in [0.15, 0.2) is 84.9 Å². The van der Waals surface area contributed by atoms with E-state index in [4.69, 9.17) is 11.6 Å². The van der Waals surface area contributed by atoms with E-state index in [0.717, 1.165) is 27.0 Å². The minimum atomic E-state index is -4.03. The smallest absolute Gasteiger partial charge is 0.304 e. The van der Waals surface area contributed by atoms with E-state index in [2.05, 4.69) is 5.32 Å². The van der Waals surface area contributed by atoms with Crippen molar-refractivity contribution in [3.8, 4) is 0 Å². The molecule has 1 N–H and O–H groups in total. The molecule has 3 rings (SSSR count). The predicted molar refractivity (Wildman–Crippen MR) is 160 cm³/mol. The van der Waals surface area contributed by atoms with Gasteiger partial charge in [0.25, 0.3) is 0 Å². The summed E-state index contributed by atoms with van der Waals surface area (Å²) in [6.45, 7) is 2.04. The Bertz CT molecular complexity index is 1350. The van der Waals surface area contributed by atoms with Crippen LogP contribution in [0.2, 0.25) is 5.02 Å². The van der Waals surface area contributed by atoms with Crippen molar-refractivity contribution in [2.24, 2.45) is 0 Å². The molecule has 0 saturated heterocycles. The van der Waals surface area contributed by atoms with Crippen LogP contribution in [0.5, 0.6) is 0 Å². The van der Waals surface area contributed by atoms with E-state index < -0.39 is 28.7 Å². The first-order valence-electron chi connectivity index (χ1n) is 13.2. The van der Waals surface area contributed by atoms with Crippen LogP contribution in [-0.4, -0.2) is 62.7 Å². The standard InChI is InChI=1S/C30H37ClN4O4S/c1-4-5-20-32-30(37)28(21-24-14-8-6-9-15-24)34(22-25-16-12-13-19-27(25)31)29(36)23-35(40(38,39)33(2)3)26-17-10-7-11-18-26/h6-19,28H,4-5,20-23H2,1-3H3,(H,32,37)/t28-/m1/s1. The molecule has 10 heteroatoms. The van der Waals surface area contributed by atoms with Gasteiger partial charge in [0.15, 0.2) is 0 Å². The van der Waals surface area contributed by atoms with E-state index in [1.807, 2.05) is 43.3 Å². The summed E-state index contributed by atoms with van der Waals surface area (Å²) in [5.74, 6) is -0.833. The third kappa shape index (κ3) is 8.30. The fourth-order valence-corrected chi connectivity index (χ4v) is 5.43. The lowest BCUT2D eigenvalue weighted by Crippen LogP contribution is -2.54. The Morgan fingerprint density at radius 1 is 0.900 bits per heavy atom. The number of unbranched alkanes of at least 4 members (excludes halogenated alkanes) is 1. The maximum Gasteiger partial charge on any atom is 0.304 e. The number of para-hydroxylation sites is 1. The van der Waals surface area contributed by atoms with Crippen LogP contribution in [0.25, 0.3) is 0 Å². The highest BCUT2D eigenvalue weighted by molar-refractivity contribution is 7.90. The van der Waals surface area contributed by atoms with Crippen molar-refractivity contribution in [1.82, 2.24) is 14.5 Å². The number of amides is 2. The van der Waals surface area contributed by atoms with Crippen LogP contribution in [0.1, 0.15) is 30.9 Å². The van der Waals surface area contributed by atoms with Crippen LogP contribution >= 0.6 is 11.6 Å².